The Morgan fingerprint density at radius 3 is 2.60 bits per heavy atom. The van der Waals surface area contributed by atoms with E-state index in [-0.39, 0.29) is 17.4 Å². The first-order valence-corrected chi connectivity index (χ1v) is 14.0. The molecule has 0 bridgehead atoms. The van der Waals surface area contributed by atoms with Crippen molar-refractivity contribution in [2.24, 2.45) is 5.92 Å². The quantitative estimate of drug-likeness (QED) is 0.176. The van der Waals surface area contributed by atoms with Crippen molar-refractivity contribution in [1.29, 1.82) is 0 Å². The molecule has 7 nitrogen and oxygen atoms in total. The van der Waals surface area contributed by atoms with Crippen molar-refractivity contribution in [3.8, 4) is 11.1 Å². The van der Waals surface area contributed by atoms with Gasteiger partial charge in [0.05, 0.1) is 5.69 Å². The largest absolute Gasteiger partial charge is 0.358 e. The van der Waals surface area contributed by atoms with E-state index in [4.69, 9.17) is 4.52 Å². The van der Waals surface area contributed by atoms with Crippen molar-refractivity contribution < 1.29 is 14.1 Å². The zero-order chi connectivity index (χ0) is 28.3. The maximum atomic E-state index is 13.1. The van der Waals surface area contributed by atoms with E-state index >= 15 is 0 Å². The Morgan fingerprint density at radius 1 is 1.05 bits per heavy atom. The summed E-state index contributed by atoms with van der Waals surface area (Å²) in [6.07, 6.45) is 2.29. The number of hydrogen-bond acceptors (Lipinski definition) is 5. The molecule has 0 saturated heterocycles. The third-order valence-electron chi connectivity index (χ3n) is 7.70. The van der Waals surface area contributed by atoms with Gasteiger partial charge in [0.25, 0.3) is 0 Å². The molecule has 2 unspecified atom stereocenters. The Labute approximate surface area is 235 Å². The van der Waals surface area contributed by atoms with Gasteiger partial charge in [-0.2, -0.15) is 0 Å². The Hall–Kier alpha value is -3.97. The fourth-order valence-electron chi connectivity index (χ4n) is 5.39. The molecular weight excluding hydrogens is 500 g/mol. The molecule has 40 heavy (non-hydrogen) atoms. The summed E-state index contributed by atoms with van der Waals surface area (Å²) in [5.74, 6) is 0.421. The van der Waals surface area contributed by atoms with E-state index in [1.807, 2.05) is 31.2 Å². The van der Waals surface area contributed by atoms with Crippen molar-refractivity contribution in [3.63, 3.8) is 0 Å². The van der Waals surface area contributed by atoms with Gasteiger partial charge in [-0.1, -0.05) is 53.7 Å². The van der Waals surface area contributed by atoms with Crippen molar-refractivity contribution in [3.05, 3.63) is 88.6 Å². The molecule has 1 aromatic heterocycles. The monoisotopic (exact) mass is 538 g/mol. The molecule has 1 aliphatic rings. The summed E-state index contributed by atoms with van der Waals surface area (Å²) >= 11 is 0. The van der Waals surface area contributed by atoms with Crippen LogP contribution in [0, 0.1) is 12.8 Å². The predicted molar refractivity (Wildman–Crippen MR) is 158 cm³/mol. The summed E-state index contributed by atoms with van der Waals surface area (Å²) in [4.78, 5) is 24.2. The molecule has 208 valence electrons. The Bertz CT molecular complexity index is 1500. The minimum absolute atomic E-state index is 0.0209. The van der Waals surface area contributed by atoms with E-state index in [1.165, 1.54) is 5.56 Å². The molecule has 0 spiro atoms. The molecule has 7 heteroatoms. The number of carbonyl (C=O) groups is 2. The predicted octanol–water partition coefficient (Wildman–Crippen LogP) is 5.40. The number of benzene rings is 3. The highest BCUT2D eigenvalue weighted by atomic mass is 16.5. The number of hydrogen-bond donors (Lipinski definition) is 3. The van der Waals surface area contributed by atoms with Gasteiger partial charge >= 0.3 is 0 Å². The summed E-state index contributed by atoms with van der Waals surface area (Å²) in [5.41, 5.74) is 8.29. The number of aromatic nitrogens is 1. The average molecular weight is 539 g/mol. The second kappa shape index (κ2) is 11.6. The summed E-state index contributed by atoms with van der Waals surface area (Å²) in [6, 6.07) is 20.7. The molecular formula is C33H38N4O3. The van der Waals surface area contributed by atoms with Crippen molar-refractivity contribution >= 4 is 23.3 Å². The first-order valence-electron chi connectivity index (χ1n) is 14.0. The zero-order valence-corrected chi connectivity index (χ0v) is 23.7. The van der Waals surface area contributed by atoms with E-state index in [1.54, 1.807) is 0 Å². The van der Waals surface area contributed by atoms with Gasteiger partial charge in [0.15, 0.2) is 5.58 Å². The summed E-state index contributed by atoms with van der Waals surface area (Å²) in [6.45, 7) is 9.99. The molecule has 2 atom stereocenters. The number of nitrogens with one attached hydrogen (secondary N) is 3. The molecule has 3 aromatic carbocycles. The van der Waals surface area contributed by atoms with Crippen LogP contribution < -0.4 is 16.0 Å². The standard InChI is InChI=1S/C33H38N4O3/c1-21-27-16-23(11-13-31(27)40-37-21)25-12-10-24(30(19-36-33(2,3)4)26(25)14-15-34-20-38)18-35-32(39)29-17-28(29)22-8-6-5-7-9-22/h5-13,16,20,28-29,36H,14-15,17-19H2,1-4H3,(H,34,38)(H,35,39). The zero-order valence-electron chi connectivity index (χ0n) is 23.7. The number of carbonyl (C=O) groups excluding carboxylic acids is 2. The maximum Gasteiger partial charge on any atom is 0.224 e. The van der Waals surface area contributed by atoms with Gasteiger partial charge in [0.2, 0.25) is 12.3 Å². The van der Waals surface area contributed by atoms with Crippen LogP contribution in [0.3, 0.4) is 0 Å². The highest BCUT2D eigenvalue weighted by Crippen LogP contribution is 2.47. The van der Waals surface area contributed by atoms with Crippen molar-refractivity contribution in [2.45, 2.75) is 65.1 Å². The van der Waals surface area contributed by atoms with Crippen molar-refractivity contribution in [2.75, 3.05) is 6.54 Å². The van der Waals surface area contributed by atoms with E-state index in [0.717, 1.165) is 57.3 Å². The lowest BCUT2D eigenvalue weighted by atomic mass is 9.89. The van der Waals surface area contributed by atoms with Gasteiger partial charge in [-0.15, -0.1) is 0 Å². The Morgan fingerprint density at radius 2 is 1.85 bits per heavy atom. The first-order chi connectivity index (χ1) is 19.2. The molecule has 5 rings (SSSR count). The van der Waals surface area contributed by atoms with E-state index in [9.17, 15) is 9.59 Å². The Kier molecular flexibility index (Phi) is 8.03. The molecule has 1 saturated carbocycles. The molecule has 1 heterocycles. The maximum absolute atomic E-state index is 13.1. The van der Waals surface area contributed by atoms with Crippen LogP contribution in [0.4, 0.5) is 0 Å². The van der Waals surface area contributed by atoms with E-state index < -0.39 is 0 Å². The number of rotatable bonds is 11. The lowest BCUT2D eigenvalue weighted by molar-refractivity contribution is -0.122. The van der Waals surface area contributed by atoms with Crippen LogP contribution in [0.1, 0.15) is 61.1 Å². The number of fused-ring (bicyclic) bond motifs is 1. The third-order valence-corrected chi connectivity index (χ3v) is 7.70. The summed E-state index contributed by atoms with van der Waals surface area (Å²) in [7, 11) is 0. The fourth-order valence-corrected chi connectivity index (χ4v) is 5.39. The smallest absolute Gasteiger partial charge is 0.224 e. The van der Waals surface area contributed by atoms with Gasteiger partial charge in [-0.25, -0.2) is 0 Å². The van der Waals surface area contributed by atoms with E-state index in [2.05, 4.69) is 78.3 Å². The van der Waals surface area contributed by atoms with Crippen LogP contribution in [-0.2, 0) is 29.1 Å². The molecule has 4 aromatic rings. The first kappa shape index (κ1) is 27.6. The summed E-state index contributed by atoms with van der Waals surface area (Å²) in [5, 5.41) is 14.8. The minimum Gasteiger partial charge on any atom is -0.358 e. The van der Waals surface area contributed by atoms with Crippen molar-refractivity contribution in [1.82, 2.24) is 21.1 Å². The van der Waals surface area contributed by atoms with Crippen LogP contribution in [-0.4, -0.2) is 29.6 Å². The molecule has 1 fully saturated rings. The Balaban J connectivity index is 1.46. The van der Waals surface area contributed by atoms with Gasteiger partial charge in [-0.05, 0) is 92.0 Å². The van der Waals surface area contributed by atoms with E-state index in [0.29, 0.717) is 32.0 Å². The third kappa shape index (κ3) is 6.26. The normalized spacial score (nSPS) is 16.6. The molecule has 1 aliphatic carbocycles. The second-order valence-corrected chi connectivity index (χ2v) is 11.7. The molecule has 0 aliphatic heterocycles. The van der Waals surface area contributed by atoms with Crippen LogP contribution in [0.5, 0.6) is 0 Å². The number of aryl methyl sites for hydroxylation is 1. The number of nitrogens with zero attached hydrogens (tertiary/aromatic N) is 1. The van der Waals surface area contributed by atoms with Gasteiger partial charge in [-0.3, -0.25) is 9.59 Å². The number of amides is 2. The summed E-state index contributed by atoms with van der Waals surface area (Å²) < 4.78 is 5.43. The fraction of sp³-hybridized carbons (Fsp3) is 0.364. The SMILES string of the molecule is Cc1noc2ccc(-c3ccc(CNC(=O)C4CC4c4ccccc4)c(CNC(C)(C)C)c3CCNC=O)cc12. The van der Waals surface area contributed by atoms with Crippen LogP contribution in [0.15, 0.2) is 65.2 Å². The highest BCUT2D eigenvalue weighted by Gasteiger charge is 2.43. The average Bonchev–Trinajstić information content (AvgIpc) is 3.67. The second-order valence-electron chi connectivity index (χ2n) is 11.7. The van der Waals surface area contributed by atoms with Gasteiger partial charge < -0.3 is 20.5 Å². The van der Waals surface area contributed by atoms with Crippen LogP contribution >= 0.6 is 0 Å². The van der Waals surface area contributed by atoms with Gasteiger partial charge in [0, 0.05) is 36.5 Å². The highest BCUT2D eigenvalue weighted by molar-refractivity contribution is 5.86. The lowest BCUT2D eigenvalue weighted by Crippen LogP contribution is -2.36. The topological polar surface area (TPSA) is 96.3 Å². The molecule has 3 N–H and O–H groups in total. The van der Waals surface area contributed by atoms with Gasteiger partial charge in [0.1, 0.15) is 0 Å². The lowest BCUT2D eigenvalue weighted by Gasteiger charge is -2.25. The van der Waals surface area contributed by atoms with Crippen LogP contribution in [0.25, 0.3) is 22.1 Å². The molecule has 0 radical (unpaired) electrons. The minimum atomic E-state index is -0.0930. The molecule has 2 amide bonds. The van der Waals surface area contributed by atoms with Crippen LogP contribution in [0.2, 0.25) is 0 Å².